The van der Waals surface area contributed by atoms with E-state index in [4.69, 9.17) is 22.1 Å². The second-order valence-electron chi connectivity index (χ2n) is 7.63. The second-order valence-corrected chi connectivity index (χ2v) is 8.04. The lowest BCUT2D eigenvalue weighted by Crippen LogP contribution is -2.43. The van der Waals surface area contributed by atoms with Gasteiger partial charge in [0.15, 0.2) is 5.60 Å². The van der Waals surface area contributed by atoms with Crippen molar-refractivity contribution in [2.24, 2.45) is 5.73 Å². The molecular weight excluding hydrogens is 451 g/mol. The van der Waals surface area contributed by atoms with E-state index < -0.39 is 35.2 Å². The Labute approximate surface area is 186 Å². The Balaban J connectivity index is 1.74. The summed E-state index contributed by atoms with van der Waals surface area (Å²) in [6.07, 6.45) is -4.50. The third-order valence-electron chi connectivity index (χ3n) is 4.86. The van der Waals surface area contributed by atoms with Crippen molar-refractivity contribution in [2.45, 2.75) is 32.2 Å². The Hall–Kier alpha value is -3.27. The molecule has 0 radical (unpaired) electrons. The van der Waals surface area contributed by atoms with Gasteiger partial charge in [-0.1, -0.05) is 17.7 Å². The van der Waals surface area contributed by atoms with Crippen molar-refractivity contribution < 1.29 is 32.3 Å². The number of primary amides is 1. The van der Waals surface area contributed by atoms with Gasteiger partial charge in [-0.3, -0.25) is 19.4 Å². The van der Waals surface area contributed by atoms with Crippen molar-refractivity contribution in [1.29, 1.82) is 0 Å². The summed E-state index contributed by atoms with van der Waals surface area (Å²) >= 11 is 6.21. The van der Waals surface area contributed by atoms with Gasteiger partial charge in [0.05, 0.1) is 17.1 Å². The van der Waals surface area contributed by atoms with Crippen LogP contribution in [0.4, 0.5) is 23.7 Å². The first-order valence-corrected chi connectivity index (χ1v) is 9.74. The number of carbonyl (C=O) groups excluding carboxylic acids is 3. The minimum atomic E-state index is -4.50. The Bertz CT molecular complexity index is 1070. The topological polar surface area (TPSA) is 92.9 Å². The first-order valence-electron chi connectivity index (χ1n) is 9.36. The first-order chi connectivity index (χ1) is 14.8. The number of ether oxygens (including phenoxy) is 1. The molecule has 0 saturated carbocycles. The van der Waals surface area contributed by atoms with Gasteiger partial charge in [-0.05, 0) is 55.8 Å². The number of urea groups is 1. The average Bonchev–Trinajstić information content (AvgIpc) is 2.97. The van der Waals surface area contributed by atoms with E-state index in [1.807, 2.05) is 0 Å². The lowest BCUT2D eigenvalue weighted by atomic mass is 10.1. The highest BCUT2D eigenvalue weighted by Crippen LogP contribution is 2.32. The predicted molar refractivity (Wildman–Crippen MR) is 110 cm³/mol. The molecule has 0 spiro atoms. The maximum absolute atomic E-state index is 12.7. The fourth-order valence-electron chi connectivity index (χ4n) is 2.96. The second kappa shape index (κ2) is 8.34. The van der Waals surface area contributed by atoms with E-state index in [0.29, 0.717) is 5.56 Å². The zero-order valence-electron chi connectivity index (χ0n) is 17.1. The highest BCUT2D eigenvalue weighted by molar-refractivity contribution is 6.32. The summed E-state index contributed by atoms with van der Waals surface area (Å²) in [5.41, 5.74) is 3.81. The number of hydrogen-bond donors (Lipinski definition) is 1. The fraction of sp³-hybridized carbons (Fsp3) is 0.286. The number of nitrogens with two attached hydrogens (primary N) is 1. The summed E-state index contributed by atoms with van der Waals surface area (Å²) < 4.78 is 43.8. The fourth-order valence-corrected chi connectivity index (χ4v) is 3.20. The van der Waals surface area contributed by atoms with Gasteiger partial charge in [0.2, 0.25) is 0 Å². The molecule has 1 saturated heterocycles. The molecule has 0 aromatic heterocycles. The number of amides is 4. The molecule has 3 rings (SSSR count). The monoisotopic (exact) mass is 469 g/mol. The quantitative estimate of drug-likeness (QED) is 0.648. The highest BCUT2D eigenvalue weighted by Gasteiger charge is 2.38. The molecule has 1 aliphatic rings. The van der Waals surface area contributed by atoms with Gasteiger partial charge < -0.3 is 10.5 Å². The normalized spacial score (nSPS) is 14.8. The van der Waals surface area contributed by atoms with Crippen LogP contribution in [0.25, 0.3) is 0 Å². The Morgan fingerprint density at radius 3 is 2.28 bits per heavy atom. The van der Waals surface area contributed by atoms with Gasteiger partial charge in [-0.25, -0.2) is 4.79 Å². The minimum absolute atomic E-state index is 0.103. The minimum Gasteiger partial charge on any atom is -0.476 e. The van der Waals surface area contributed by atoms with E-state index in [1.165, 1.54) is 26.0 Å². The van der Waals surface area contributed by atoms with Gasteiger partial charge in [-0.15, -0.1) is 0 Å². The number of anilines is 1. The molecule has 7 nitrogen and oxygen atoms in total. The lowest BCUT2D eigenvalue weighted by Gasteiger charge is -2.23. The van der Waals surface area contributed by atoms with Crippen LogP contribution >= 0.6 is 11.6 Å². The van der Waals surface area contributed by atoms with Crippen molar-refractivity contribution in [1.82, 2.24) is 4.90 Å². The Kier molecular flexibility index (Phi) is 6.10. The van der Waals surface area contributed by atoms with E-state index in [2.05, 4.69) is 0 Å². The number of alkyl halides is 3. The van der Waals surface area contributed by atoms with Crippen LogP contribution in [0.1, 0.15) is 25.0 Å². The van der Waals surface area contributed by atoms with Crippen molar-refractivity contribution >= 4 is 35.1 Å². The molecule has 2 aromatic carbocycles. The summed E-state index contributed by atoms with van der Waals surface area (Å²) in [6, 6.07) is 7.85. The molecule has 1 heterocycles. The van der Waals surface area contributed by atoms with Crippen LogP contribution in [0.3, 0.4) is 0 Å². The molecule has 0 aliphatic carbocycles. The number of carbonyl (C=O) groups is 3. The van der Waals surface area contributed by atoms with Gasteiger partial charge in [0, 0.05) is 5.69 Å². The molecule has 0 unspecified atom stereocenters. The SMILES string of the molecule is CC(C)(Oc1ccc(CN2C(=O)CN(c3ccc(C(F)(F)F)cc3)C2=O)cc1Cl)C(N)=O. The van der Waals surface area contributed by atoms with Gasteiger partial charge in [0.25, 0.3) is 11.8 Å². The number of hydrogen-bond acceptors (Lipinski definition) is 4. The average molecular weight is 470 g/mol. The maximum atomic E-state index is 12.7. The molecule has 2 aromatic rings. The third-order valence-corrected chi connectivity index (χ3v) is 5.15. The molecule has 0 atom stereocenters. The molecule has 170 valence electrons. The summed E-state index contributed by atoms with van der Waals surface area (Å²) in [4.78, 5) is 38.6. The molecule has 1 aliphatic heterocycles. The van der Waals surface area contributed by atoms with Crippen LogP contribution in [0.15, 0.2) is 42.5 Å². The van der Waals surface area contributed by atoms with Crippen molar-refractivity contribution in [3.8, 4) is 5.75 Å². The van der Waals surface area contributed by atoms with Crippen LogP contribution in [0.2, 0.25) is 5.02 Å². The van der Waals surface area contributed by atoms with Crippen molar-refractivity contribution in [3.63, 3.8) is 0 Å². The van der Waals surface area contributed by atoms with Crippen LogP contribution in [0.5, 0.6) is 5.75 Å². The number of halogens is 4. The third kappa shape index (κ3) is 4.80. The van der Waals surface area contributed by atoms with Crippen molar-refractivity contribution in [2.75, 3.05) is 11.4 Å². The number of imide groups is 1. The van der Waals surface area contributed by atoms with E-state index >= 15 is 0 Å². The summed E-state index contributed by atoms with van der Waals surface area (Å²) in [6.45, 7) is 2.56. The predicted octanol–water partition coefficient (Wildman–Crippen LogP) is 3.97. The Morgan fingerprint density at radius 1 is 1.12 bits per heavy atom. The molecule has 0 bridgehead atoms. The summed E-state index contributed by atoms with van der Waals surface area (Å²) in [5, 5.41) is 0.149. The highest BCUT2D eigenvalue weighted by atomic mass is 35.5. The molecule has 2 N–H and O–H groups in total. The molecule has 32 heavy (non-hydrogen) atoms. The zero-order valence-corrected chi connectivity index (χ0v) is 17.8. The van der Waals surface area contributed by atoms with E-state index in [9.17, 15) is 27.6 Å². The molecule has 11 heteroatoms. The van der Waals surface area contributed by atoms with Gasteiger partial charge in [-0.2, -0.15) is 13.2 Å². The van der Waals surface area contributed by atoms with Crippen LogP contribution in [-0.4, -0.2) is 34.9 Å². The first kappa shape index (κ1) is 23.4. The van der Waals surface area contributed by atoms with Gasteiger partial charge in [0.1, 0.15) is 12.3 Å². The largest absolute Gasteiger partial charge is 0.476 e. The number of rotatable bonds is 6. The number of nitrogens with zero attached hydrogens (tertiary/aromatic N) is 2. The smallest absolute Gasteiger partial charge is 0.416 e. The lowest BCUT2D eigenvalue weighted by molar-refractivity contribution is -0.137. The van der Waals surface area contributed by atoms with E-state index in [0.717, 1.165) is 34.1 Å². The summed E-state index contributed by atoms with van der Waals surface area (Å²) in [7, 11) is 0. The van der Waals surface area contributed by atoms with Crippen LogP contribution in [0, 0.1) is 0 Å². The molecular formula is C21H19ClF3N3O4. The van der Waals surface area contributed by atoms with E-state index in [-0.39, 0.29) is 29.5 Å². The standard InChI is InChI=1S/C21H19ClF3N3O4/c1-20(2,18(26)30)32-16-8-3-12(9-15(16)22)10-28-17(29)11-27(19(28)31)14-6-4-13(5-7-14)21(23,24)25/h3-9H,10-11H2,1-2H3,(H2,26,30). The molecule has 1 fully saturated rings. The maximum Gasteiger partial charge on any atom is 0.416 e. The van der Waals surface area contributed by atoms with Crippen LogP contribution < -0.4 is 15.4 Å². The van der Waals surface area contributed by atoms with Crippen molar-refractivity contribution in [3.05, 3.63) is 58.6 Å². The zero-order chi connectivity index (χ0) is 23.8. The number of benzene rings is 2. The van der Waals surface area contributed by atoms with Crippen LogP contribution in [-0.2, 0) is 22.3 Å². The molecule has 4 amide bonds. The van der Waals surface area contributed by atoms with E-state index in [1.54, 1.807) is 6.07 Å². The van der Waals surface area contributed by atoms with Gasteiger partial charge >= 0.3 is 12.2 Å². The Morgan fingerprint density at radius 2 is 1.75 bits per heavy atom. The summed E-state index contributed by atoms with van der Waals surface area (Å²) in [5.74, 6) is -1.000.